The molecule has 2 heterocycles. The third-order valence-corrected chi connectivity index (χ3v) is 9.41. The molecule has 0 spiro atoms. The monoisotopic (exact) mass is 714 g/mol. The van der Waals surface area contributed by atoms with Crippen molar-refractivity contribution >= 4 is 23.5 Å². The van der Waals surface area contributed by atoms with Gasteiger partial charge in [-0.15, -0.1) is 0 Å². The molecule has 0 radical (unpaired) electrons. The summed E-state index contributed by atoms with van der Waals surface area (Å²) in [6.45, 7) is 11.9. The summed E-state index contributed by atoms with van der Waals surface area (Å²) in [6, 6.07) is 12.9. The van der Waals surface area contributed by atoms with Crippen LogP contribution >= 0.6 is 0 Å². The molecule has 5 rings (SSSR count). The first-order valence-electron chi connectivity index (χ1n) is 17.3. The van der Waals surface area contributed by atoms with E-state index in [9.17, 15) is 4.79 Å². The van der Waals surface area contributed by atoms with E-state index in [-0.39, 0.29) is 18.4 Å². The average Bonchev–Trinajstić information content (AvgIpc) is 3.15. The third kappa shape index (κ3) is 9.14. The van der Waals surface area contributed by atoms with Crippen molar-refractivity contribution in [3.63, 3.8) is 0 Å². The molecular weight excluding hydrogens is 664 g/mol. The van der Waals surface area contributed by atoms with E-state index in [0.29, 0.717) is 46.6 Å². The third-order valence-electron chi connectivity index (χ3n) is 9.41. The van der Waals surface area contributed by atoms with Gasteiger partial charge in [0.15, 0.2) is 11.5 Å². The van der Waals surface area contributed by atoms with E-state index in [4.69, 9.17) is 28.4 Å². The second kappa shape index (κ2) is 17.8. The topological polar surface area (TPSA) is 129 Å². The predicted octanol–water partition coefficient (Wildman–Crippen LogP) is 6.61. The molecule has 2 N–H and O–H groups in total. The number of aryl methyl sites for hydroxylation is 1. The van der Waals surface area contributed by atoms with Gasteiger partial charge in [0.05, 0.1) is 35.0 Å². The minimum absolute atomic E-state index is 0.0754. The number of aromatic nitrogens is 2. The highest BCUT2D eigenvalue weighted by Crippen LogP contribution is 2.42. The second-order valence-corrected chi connectivity index (χ2v) is 12.7. The maximum atomic E-state index is 13.1. The minimum atomic E-state index is -0.699. The van der Waals surface area contributed by atoms with Gasteiger partial charge in [0.1, 0.15) is 23.9 Å². The summed E-state index contributed by atoms with van der Waals surface area (Å²) in [6.07, 6.45) is 1.71. The van der Waals surface area contributed by atoms with Crippen LogP contribution in [-0.2, 0) is 11.3 Å². The number of hydrogen-bond acceptors (Lipinski definition) is 12. The molecule has 1 fully saturated rings. The van der Waals surface area contributed by atoms with Gasteiger partial charge in [-0.1, -0.05) is 12.1 Å². The lowest BCUT2D eigenvalue weighted by Crippen LogP contribution is -2.44. The van der Waals surface area contributed by atoms with Crippen LogP contribution in [0.1, 0.15) is 28.7 Å². The number of anilines is 3. The van der Waals surface area contributed by atoms with E-state index in [2.05, 4.69) is 70.4 Å². The summed E-state index contributed by atoms with van der Waals surface area (Å²) in [5.41, 5.74) is 6.53. The van der Waals surface area contributed by atoms with Crippen molar-refractivity contribution in [1.29, 1.82) is 0 Å². The van der Waals surface area contributed by atoms with Gasteiger partial charge >= 0.3 is 6.09 Å². The SMILES string of the molecule is COc1ccc(OC)c(-c2ccc(C)c(C)c2C)c1COC(=O)Nc1ccnc(Nc2cc(OC)c(OCCCN3CCN(C)CC3)c(OC)c2)n1. The fraction of sp³-hybridized carbons (Fsp3) is 0.410. The van der Waals surface area contributed by atoms with Crippen LogP contribution in [0.15, 0.2) is 48.7 Å². The van der Waals surface area contributed by atoms with Gasteiger partial charge in [0.2, 0.25) is 11.7 Å². The molecule has 4 aromatic rings. The lowest BCUT2D eigenvalue weighted by molar-refractivity contribution is 0.144. The van der Waals surface area contributed by atoms with Gasteiger partial charge < -0.3 is 43.5 Å². The van der Waals surface area contributed by atoms with Gasteiger partial charge in [0, 0.05) is 67.9 Å². The molecule has 0 saturated carbocycles. The Balaban J connectivity index is 1.25. The van der Waals surface area contributed by atoms with Crippen LogP contribution in [0, 0.1) is 20.8 Å². The van der Waals surface area contributed by atoms with Crippen molar-refractivity contribution in [3.05, 3.63) is 70.9 Å². The first kappa shape index (κ1) is 38.0. The number of rotatable bonds is 15. The van der Waals surface area contributed by atoms with Crippen molar-refractivity contribution in [2.45, 2.75) is 33.8 Å². The normalized spacial score (nSPS) is 13.3. The van der Waals surface area contributed by atoms with E-state index in [1.807, 2.05) is 6.07 Å². The van der Waals surface area contributed by atoms with E-state index >= 15 is 0 Å². The number of hydrogen-bond donors (Lipinski definition) is 2. The van der Waals surface area contributed by atoms with Crippen LogP contribution in [-0.4, -0.2) is 101 Å². The Morgan fingerprint density at radius 2 is 1.50 bits per heavy atom. The highest BCUT2D eigenvalue weighted by molar-refractivity contribution is 5.84. The van der Waals surface area contributed by atoms with Crippen LogP contribution in [0.4, 0.5) is 22.2 Å². The van der Waals surface area contributed by atoms with Crippen molar-refractivity contribution in [2.24, 2.45) is 0 Å². The van der Waals surface area contributed by atoms with Crippen LogP contribution in [0.2, 0.25) is 0 Å². The molecule has 1 aliphatic heterocycles. The quantitative estimate of drug-likeness (QED) is 0.129. The summed E-state index contributed by atoms with van der Waals surface area (Å²) in [5, 5.41) is 5.86. The van der Waals surface area contributed by atoms with E-state index in [1.165, 1.54) is 17.3 Å². The van der Waals surface area contributed by atoms with Gasteiger partial charge in [-0.25, -0.2) is 9.78 Å². The lowest BCUT2D eigenvalue weighted by Gasteiger charge is -2.32. The smallest absolute Gasteiger partial charge is 0.413 e. The fourth-order valence-electron chi connectivity index (χ4n) is 6.16. The number of methoxy groups -OCH3 is 4. The molecule has 13 heteroatoms. The summed E-state index contributed by atoms with van der Waals surface area (Å²) >= 11 is 0. The molecule has 0 bridgehead atoms. The highest BCUT2D eigenvalue weighted by atomic mass is 16.6. The summed E-state index contributed by atoms with van der Waals surface area (Å²) in [5.74, 6) is 3.23. The zero-order chi connectivity index (χ0) is 37.2. The van der Waals surface area contributed by atoms with Crippen molar-refractivity contribution in [3.8, 4) is 39.9 Å². The van der Waals surface area contributed by atoms with E-state index in [1.54, 1.807) is 52.7 Å². The summed E-state index contributed by atoms with van der Waals surface area (Å²) in [7, 11) is 8.51. The molecule has 0 aliphatic carbocycles. The summed E-state index contributed by atoms with van der Waals surface area (Å²) < 4.78 is 34.6. The molecule has 278 valence electrons. The molecule has 13 nitrogen and oxygen atoms in total. The minimum Gasteiger partial charge on any atom is -0.496 e. The number of amides is 1. The van der Waals surface area contributed by atoms with Crippen LogP contribution in [0.3, 0.4) is 0 Å². The first-order valence-corrected chi connectivity index (χ1v) is 17.3. The zero-order valence-electron chi connectivity index (χ0n) is 31.4. The average molecular weight is 715 g/mol. The first-order chi connectivity index (χ1) is 25.1. The lowest BCUT2D eigenvalue weighted by atomic mass is 9.90. The molecule has 1 aromatic heterocycles. The van der Waals surface area contributed by atoms with Crippen LogP contribution in [0.5, 0.6) is 28.7 Å². The van der Waals surface area contributed by atoms with Gasteiger partial charge in [-0.05, 0) is 74.7 Å². The fourth-order valence-corrected chi connectivity index (χ4v) is 6.16. The Kier molecular flexibility index (Phi) is 13.0. The maximum Gasteiger partial charge on any atom is 0.413 e. The van der Waals surface area contributed by atoms with E-state index in [0.717, 1.165) is 55.8 Å². The Labute approximate surface area is 306 Å². The Hall–Kier alpha value is -5.27. The number of carbonyl (C=O) groups excluding carboxylic acids is 1. The highest BCUT2D eigenvalue weighted by Gasteiger charge is 2.22. The molecule has 0 unspecified atom stereocenters. The largest absolute Gasteiger partial charge is 0.496 e. The van der Waals surface area contributed by atoms with Crippen LogP contribution < -0.4 is 34.3 Å². The molecule has 1 saturated heterocycles. The predicted molar refractivity (Wildman–Crippen MR) is 202 cm³/mol. The Morgan fingerprint density at radius 3 is 2.17 bits per heavy atom. The van der Waals surface area contributed by atoms with E-state index < -0.39 is 6.09 Å². The Morgan fingerprint density at radius 1 is 0.827 bits per heavy atom. The van der Waals surface area contributed by atoms with Crippen molar-refractivity contribution in [1.82, 2.24) is 19.8 Å². The number of nitrogens with zero attached hydrogens (tertiary/aromatic N) is 4. The molecule has 0 atom stereocenters. The maximum absolute atomic E-state index is 13.1. The number of carbonyl (C=O) groups is 1. The number of piperazine rings is 1. The van der Waals surface area contributed by atoms with Gasteiger partial charge in [-0.2, -0.15) is 4.98 Å². The number of benzene rings is 3. The van der Waals surface area contributed by atoms with Crippen LogP contribution in [0.25, 0.3) is 11.1 Å². The number of ether oxygens (including phenoxy) is 6. The number of likely N-dealkylation sites (N-methyl/N-ethyl adjacent to an activating group) is 1. The van der Waals surface area contributed by atoms with Gasteiger partial charge in [0.25, 0.3) is 0 Å². The molecule has 3 aromatic carbocycles. The molecule has 52 heavy (non-hydrogen) atoms. The molecular formula is C39H50N6O7. The van der Waals surface area contributed by atoms with Crippen molar-refractivity contribution < 1.29 is 33.2 Å². The second-order valence-electron chi connectivity index (χ2n) is 12.7. The molecule has 1 amide bonds. The standard InChI is InChI=1S/C39H50N6O7/c1-25-10-11-29(27(3)26(25)2)36-30(31(47-5)12-13-32(36)48-6)24-52-39(46)43-35-14-15-40-38(42-35)41-28-22-33(49-7)37(34(23-28)50-8)51-21-9-16-45-19-17-44(4)18-20-45/h10-15,22-23H,9,16-21,24H2,1-8H3,(H2,40,41,42,43,46). The summed E-state index contributed by atoms with van der Waals surface area (Å²) in [4.78, 5) is 26.7. The molecule has 1 aliphatic rings. The van der Waals surface area contributed by atoms with Gasteiger partial charge in [-0.3, -0.25) is 5.32 Å². The van der Waals surface area contributed by atoms with Crippen molar-refractivity contribution in [2.75, 3.05) is 85.5 Å². The number of nitrogens with one attached hydrogen (secondary N) is 2. The zero-order valence-corrected chi connectivity index (χ0v) is 31.4. The Bertz CT molecular complexity index is 1820.